The SMILES string of the molecule is CC1=C(C(=O)N(C)CO)C(=O)N(CCO)C(=O)/C1=C\C=Cc1c(C)c(C(=O)N(C)CO)c(=O)n(CCO)c1[O-].[Na+]. The summed E-state index contributed by atoms with van der Waals surface area (Å²) >= 11 is 0. The normalized spacial score (nSPS) is 14.7. The van der Waals surface area contributed by atoms with Crippen LogP contribution in [0.25, 0.3) is 6.08 Å². The average Bonchev–Trinajstić information content (AvgIpc) is 2.91. The number of likely N-dealkylation sites (N-methyl/N-ethyl adjacent to an activating group) is 1. The molecule has 0 fully saturated rings. The number of carbonyl (C=O) groups excluding carboxylic acids is 4. The molecule has 0 saturated carbocycles. The van der Waals surface area contributed by atoms with Gasteiger partial charge in [-0.1, -0.05) is 12.2 Å². The van der Waals surface area contributed by atoms with Crippen molar-refractivity contribution < 1.29 is 74.3 Å². The van der Waals surface area contributed by atoms with E-state index in [4.69, 9.17) is 0 Å². The molecule has 2 rings (SSSR count). The molecule has 0 radical (unpaired) electrons. The Bertz CT molecular complexity index is 1330. The number of aliphatic hydroxyl groups excluding tert-OH is 4. The second-order valence-electron chi connectivity index (χ2n) is 8.61. The number of aromatic nitrogens is 1. The largest absolute Gasteiger partial charge is 1.00 e. The molecule has 0 spiro atoms. The van der Waals surface area contributed by atoms with E-state index in [-0.39, 0.29) is 51.8 Å². The van der Waals surface area contributed by atoms with Crippen molar-refractivity contribution in [2.24, 2.45) is 0 Å². The summed E-state index contributed by atoms with van der Waals surface area (Å²) in [5, 5.41) is 50.3. The summed E-state index contributed by atoms with van der Waals surface area (Å²) in [7, 11) is 2.50. The molecule has 0 atom stereocenters. The molecule has 1 aliphatic heterocycles. The van der Waals surface area contributed by atoms with Gasteiger partial charge >= 0.3 is 29.6 Å². The first kappa shape index (κ1) is 34.9. The van der Waals surface area contributed by atoms with Crippen LogP contribution in [0.3, 0.4) is 0 Å². The van der Waals surface area contributed by atoms with Crippen LogP contribution in [0.4, 0.5) is 0 Å². The second kappa shape index (κ2) is 15.0. The van der Waals surface area contributed by atoms with Gasteiger partial charge in [-0.15, -0.1) is 0 Å². The third kappa shape index (κ3) is 6.78. The van der Waals surface area contributed by atoms with E-state index in [1.807, 2.05) is 0 Å². The van der Waals surface area contributed by atoms with Gasteiger partial charge in [-0.05, 0) is 42.5 Å². The number of allylic oxidation sites excluding steroid dienone is 2. The molecule has 40 heavy (non-hydrogen) atoms. The number of rotatable bonds is 10. The van der Waals surface area contributed by atoms with Crippen molar-refractivity contribution in [3.63, 3.8) is 0 Å². The van der Waals surface area contributed by atoms with Crippen LogP contribution in [0.5, 0.6) is 5.88 Å². The Morgan fingerprint density at radius 2 is 1.45 bits per heavy atom. The van der Waals surface area contributed by atoms with Gasteiger partial charge in [0.1, 0.15) is 24.6 Å². The van der Waals surface area contributed by atoms with Crippen LogP contribution in [-0.4, -0.2) is 111 Å². The fourth-order valence-corrected chi connectivity index (χ4v) is 3.91. The fourth-order valence-electron chi connectivity index (χ4n) is 3.91. The van der Waals surface area contributed by atoms with E-state index >= 15 is 0 Å². The second-order valence-corrected chi connectivity index (χ2v) is 8.61. The molecule has 1 aliphatic rings. The summed E-state index contributed by atoms with van der Waals surface area (Å²) in [4.78, 5) is 66.6. The van der Waals surface area contributed by atoms with Gasteiger partial charge in [-0.2, -0.15) is 0 Å². The van der Waals surface area contributed by atoms with Gasteiger partial charge in [-0.3, -0.25) is 28.9 Å². The van der Waals surface area contributed by atoms with Crippen molar-refractivity contribution >= 4 is 29.7 Å². The van der Waals surface area contributed by atoms with Crippen molar-refractivity contribution in [2.75, 3.05) is 47.3 Å². The number of imide groups is 1. The van der Waals surface area contributed by atoms with Crippen LogP contribution in [0, 0.1) is 6.92 Å². The quantitative estimate of drug-likeness (QED) is 0.0690. The third-order valence-corrected chi connectivity index (χ3v) is 6.15. The van der Waals surface area contributed by atoms with Crippen molar-refractivity contribution in [1.29, 1.82) is 0 Å². The fraction of sp³-hybridized carbons (Fsp3) is 0.400. The Morgan fingerprint density at radius 3 is 1.98 bits per heavy atom. The number of hydrogen-bond donors (Lipinski definition) is 4. The molecule has 0 aromatic carbocycles. The first-order chi connectivity index (χ1) is 18.4. The molecule has 14 nitrogen and oxygen atoms in total. The average molecular weight is 571 g/mol. The number of pyridine rings is 1. The third-order valence-electron chi connectivity index (χ3n) is 6.15. The number of amides is 4. The molecule has 4 amide bonds. The first-order valence-corrected chi connectivity index (χ1v) is 11.7. The molecule has 2 heterocycles. The van der Waals surface area contributed by atoms with E-state index in [0.717, 1.165) is 9.80 Å². The van der Waals surface area contributed by atoms with Crippen LogP contribution in [0.2, 0.25) is 0 Å². The van der Waals surface area contributed by atoms with Crippen molar-refractivity contribution in [3.05, 3.63) is 55.9 Å². The van der Waals surface area contributed by atoms with Crippen LogP contribution in [0.1, 0.15) is 28.4 Å². The Morgan fingerprint density at radius 1 is 0.900 bits per heavy atom. The Balaban J connectivity index is 0.00000800. The number of nitrogens with zero attached hydrogens (tertiary/aromatic N) is 4. The Kier molecular flexibility index (Phi) is 13.1. The number of hydrogen-bond acceptors (Lipinski definition) is 10. The summed E-state index contributed by atoms with van der Waals surface area (Å²) in [6.45, 7) is -0.608. The van der Waals surface area contributed by atoms with Gasteiger partial charge in [0.25, 0.3) is 29.2 Å². The zero-order chi connectivity index (χ0) is 29.6. The molecule has 0 saturated heterocycles. The minimum absolute atomic E-state index is 0. The maximum atomic E-state index is 13.0. The molecular formula is C25H31N4NaO10. The topological polar surface area (TPSA) is 204 Å². The predicted octanol–water partition coefficient (Wildman–Crippen LogP) is -5.73. The van der Waals surface area contributed by atoms with Crippen LogP contribution in [0.15, 0.2) is 33.7 Å². The van der Waals surface area contributed by atoms with Gasteiger partial charge in [-0.25, -0.2) is 0 Å². The molecule has 0 aliphatic carbocycles. The summed E-state index contributed by atoms with van der Waals surface area (Å²) in [5.41, 5.74) is -1.95. The van der Waals surface area contributed by atoms with E-state index in [2.05, 4.69) is 0 Å². The van der Waals surface area contributed by atoms with Crippen LogP contribution < -0.4 is 40.2 Å². The summed E-state index contributed by atoms with van der Waals surface area (Å²) in [5.74, 6) is -4.28. The zero-order valence-corrected chi connectivity index (χ0v) is 25.0. The van der Waals surface area contributed by atoms with Crippen molar-refractivity contribution in [3.8, 4) is 5.88 Å². The number of aliphatic hydroxyl groups is 4. The summed E-state index contributed by atoms with van der Waals surface area (Å²) < 4.78 is 0.679. The molecule has 1 aromatic heterocycles. The van der Waals surface area contributed by atoms with Gasteiger partial charge in [0.15, 0.2) is 0 Å². The summed E-state index contributed by atoms with van der Waals surface area (Å²) in [6, 6.07) is 0. The monoisotopic (exact) mass is 570 g/mol. The smallest absolute Gasteiger partial charge is 0.860 e. The van der Waals surface area contributed by atoms with E-state index < -0.39 is 86.0 Å². The van der Waals surface area contributed by atoms with Gasteiger partial charge in [0.05, 0.1) is 19.8 Å². The van der Waals surface area contributed by atoms with E-state index in [1.54, 1.807) is 0 Å². The van der Waals surface area contributed by atoms with Crippen molar-refractivity contribution in [1.82, 2.24) is 19.3 Å². The zero-order valence-electron chi connectivity index (χ0n) is 23.0. The minimum atomic E-state index is -0.942. The molecule has 0 unspecified atom stereocenters. The van der Waals surface area contributed by atoms with Gasteiger partial charge in [0, 0.05) is 26.2 Å². The van der Waals surface area contributed by atoms with Gasteiger partial charge < -0.3 is 39.9 Å². The van der Waals surface area contributed by atoms with Gasteiger partial charge in [0.2, 0.25) is 0 Å². The van der Waals surface area contributed by atoms with Crippen LogP contribution >= 0.6 is 0 Å². The molecule has 212 valence electrons. The molecular weight excluding hydrogens is 539 g/mol. The Hall–Kier alpha value is -3.11. The van der Waals surface area contributed by atoms with Crippen molar-refractivity contribution in [2.45, 2.75) is 20.4 Å². The van der Waals surface area contributed by atoms with E-state index in [1.165, 1.54) is 46.2 Å². The number of β-amino-alcohol motifs (C(OH)–C–C–N with tert-alkyl or cyclic N) is 1. The van der Waals surface area contributed by atoms with Crippen LogP contribution in [-0.2, 0) is 20.9 Å². The molecule has 1 aromatic rings. The Labute approximate surface area is 252 Å². The minimum Gasteiger partial charge on any atom is -0.860 e. The maximum absolute atomic E-state index is 13.0. The standard InChI is InChI=1S/C25H32N4O10.Na/c1-14-16(20(34)28(8-10-30)24(38)18(14)22(36)26(3)12-32)6-5-7-17-15(2)19(23(37)27(4)13-33)25(39)29(9-11-31)21(17)35;/h5-7,30-34H,8-13H2,1-4H3;/q;+1/p-1/b6-5?,17-7-;. The molecule has 4 N–H and O–H groups in total. The molecule has 15 heteroatoms. The predicted molar refractivity (Wildman–Crippen MR) is 135 cm³/mol. The number of carbonyl (C=O) groups is 4. The van der Waals surface area contributed by atoms with E-state index in [0.29, 0.717) is 9.47 Å². The molecule has 0 bridgehead atoms. The maximum Gasteiger partial charge on any atom is 1.00 e. The first-order valence-electron chi connectivity index (χ1n) is 11.7. The summed E-state index contributed by atoms with van der Waals surface area (Å²) in [6.07, 6.45) is 3.70. The van der Waals surface area contributed by atoms with E-state index in [9.17, 15) is 49.5 Å².